The third kappa shape index (κ3) is 1.88. The van der Waals surface area contributed by atoms with Crippen molar-refractivity contribution in [3.05, 3.63) is 23.2 Å². The molecule has 1 aromatic rings. The van der Waals surface area contributed by atoms with E-state index in [4.69, 9.17) is 10.1 Å². The van der Waals surface area contributed by atoms with E-state index in [0.29, 0.717) is 11.4 Å². The van der Waals surface area contributed by atoms with Crippen molar-refractivity contribution < 1.29 is 4.74 Å². The molecule has 0 aliphatic heterocycles. The van der Waals surface area contributed by atoms with Gasteiger partial charge in [-0.3, -0.25) is 0 Å². The highest BCUT2D eigenvalue weighted by Gasteiger charge is 2.11. The summed E-state index contributed by atoms with van der Waals surface area (Å²) in [7, 11) is 5.44. The number of nitrogens with zero attached hydrogens (tertiary/aromatic N) is 3. The van der Waals surface area contributed by atoms with Crippen LogP contribution >= 0.6 is 0 Å². The van der Waals surface area contributed by atoms with Crippen LogP contribution in [0.1, 0.15) is 0 Å². The van der Waals surface area contributed by atoms with Gasteiger partial charge in [-0.2, -0.15) is 0 Å². The Kier molecular flexibility index (Phi) is 2.70. The van der Waals surface area contributed by atoms with Gasteiger partial charge >= 0.3 is 5.69 Å². The summed E-state index contributed by atoms with van der Waals surface area (Å²) in [5, 5.41) is 8.54. The van der Waals surface area contributed by atoms with Crippen molar-refractivity contribution in [1.82, 2.24) is 0 Å². The zero-order chi connectivity index (χ0) is 9.84. The highest BCUT2D eigenvalue weighted by molar-refractivity contribution is 5.64. The maximum absolute atomic E-state index is 8.54. The molecular formula is C9H12N3O+. The van der Waals surface area contributed by atoms with Gasteiger partial charge in [0, 0.05) is 20.2 Å². The van der Waals surface area contributed by atoms with Gasteiger partial charge in [-0.15, -0.1) is 0 Å². The Morgan fingerprint density at radius 2 is 2.08 bits per heavy atom. The second-order valence-electron chi connectivity index (χ2n) is 2.85. The zero-order valence-electron chi connectivity index (χ0n) is 7.98. The molecule has 0 saturated heterocycles. The van der Waals surface area contributed by atoms with E-state index in [0.717, 1.165) is 5.69 Å². The lowest BCUT2D eigenvalue weighted by Crippen LogP contribution is -2.09. The molecule has 0 N–H and O–H groups in total. The number of hydrogen-bond acceptors (Lipinski definition) is 3. The Hall–Kier alpha value is -1.76. The number of rotatable bonds is 2. The lowest BCUT2D eigenvalue weighted by molar-refractivity contribution is 0.415. The van der Waals surface area contributed by atoms with Crippen molar-refractivity contribution in [2.75, 3.05) is 26.1 Å². The van der Waals surface area contributed by atoms with Crippen LogP contribution in [0.15, 0.2) is 18.2 Å². The Labute approximate surface area is 77.4 Å². The standard InChI is InChI=1S/C9H12N3O/c1-12(2)8-5-4-7(11-10)6-9(8)13-3/h4-6H,1-3H3/q+1. The smallest absolute Gasteiger partial charge is 0.388 e. The number of anilines is 1. The minimum absolute atomic E-state index is 0.488. The number of ether oxygens (including phenoxy) is 1. The Bertz CT molecular complexity index is 341. The fourth-order valence-electron chi connectivity index (χ4n) is 1.10. The predicted octanol–water partition coefficient (Wildman–Crippen LogP) is 2.25. The van der Waals surface area contributed by atoms with Gasteiger partial charge in [-0.05, 0) is 6.07 Å². The molecular weight excluding hydrogens is 166 g/mol. The largest absolute Gasteiger partial charge is 0.494 e. The van der Waals surface area contributed by atoms with Gasteiger partial charge in [0.2, 0.25) is 5.39 Å². The van der Waals surface area contributed by atoms with Crippen LogP contribution < -0.4 is 9.64 Å². The summed E-state index contributed by atoms with van der Waals surface area (Å²) in [4.78, 5) is 5.01. The molecule has 0 heterocycles. The van der Waals surface area contributed by atoms with Crippen molar-refractivity contribution in [1.29, 1.82) is 5.39 Å². The van der Waals surface area contributed by atoms with E-state index in [1.54, 1.807) is 19.2 Å². The molecule has 0 unspecified atom stereocenters. The lowest BCUT2D eigenvalue weighted by atomic mass is 10.2. The SMILES string of the molecule is COc1cc([N+]#N)ccc1N(C)C. The van der Waals surface area contributed by atoms with Crippen LogP contribution in [0.3, 0.4) is 0 Å². The molecule has 0 atom stereocenters. The van der Waals surface area contributed by atoms with Crippen molar-refractivity contribution >= 4 is 11.4 Å². The summed E-state index contributed by atoms with van der Waals surface area (Å²) < 4.78 is 5.14. The molecule has 4 nitrogen and oxygen atoms in total. The van der Waals surface area contributed by atoms with Crippen LogP contribution in [0.4, 0.5) is 11.4 Å². The maximum Gasteiger partial charge on any atom is 0.388 e. The summed E-state index contributed by atoms with van der Waals surface area (Å²) >= 11 is 0. The van der Waals surface area contributed by atoms with Crippen LogP contribution in [-0.2, 0) is 0 Å². The molecule has 0 aromatic heterocycles. The minimum Gasteiger partial charge on any atom is -0.494 e. The monoisotopic (exact) mass is 178 g/mol. The predicted molar refractivity (Wildman–Crippen MR) is 52.1 cm³/mol. The Morgan fingerprint density at radius 1 is 1.38 bits per heavy atom. The average Bonchev–Trinajstić information content (AvgIpc) is 2.16. The van der Waals surface area contributed by atoms with Crippen molar-refractivity contribution in [3.8, 4) is 5.75 Å². The third-order valence-electron chi connectivity index (χ3n) is 1.76. The van der Waals surface area contributed by atoms with Crippen LogP contribution in [0.2, 0.25) is 0 Å². The van der Waals surface area contributed by atoms with Crippen LogP contribution in [-0.4, -0.2) is 21.2 Å². The van der Waals surface area contributed by atoms with Crippen LogP contribution in [0.5, 0.6) is 5.75 Å². The normalized spacial score (nSPS) is 9.08. The van der Waals surface area contributed by atoms with Gasteiger partial charge < -0.3 is 9.64 Å². The van der Waals surface area contributed by atoms with E-state index in [1.807, 2.05) is 25.1 Å². The number of diazo groups is 1. The molecule has 13 heavy (non-hydrogen) atoms. The van der Waals surface area contributed by atoms with Gasteiger partial charge in [-0.1, -0.05) is 0 Å². The van der Waals surface area contributed by atoms with Gasteiger partial charge in [0.05, 0.1) is 18.9 Å². The number of benzene rings is 1. The Morgan fingerprint density at radius 3 is 2.54 bits per heavy atom. The van der Waals surface area contributed by atoms with E-state index in [1.165, 1.54) is 0 Å². The maximum atomic E-state index is 8.54. The third-order valence-corrected chi connectivity index (χ3v) is 1.76. The summed E-state index contributed by atoms with van der Waals surface area (Å²) in [5.41, 5.74) is 1.44. The second kappa shape index (κ2) is 3.76. The van der Waals surface area contributed by atoms with E-state index in [-0.39, 0.29) is 0 Å². The van der Waals surface area contributed by atoms with Gasteiger partial charge in [0.15, 0.2) is 4.98 Å². The van der Waals surface area contributed by atoms with Gasteiger partial charge in [-0.25, -0.2) is 0 Å². The van der Waals surface area contributed by atoms with Gasteiger partial charge in [0.25, 0.3) is 0 Å². The first-order valence-corrected chi connectivity index (χ1v) is 3.89. The Balaban J connectivity index is 3.17. The first kappa shape index (κ1) is 9.33. The summed E-state index contributed by atoms with van der Waals surface area (Å²) in [6.45, 7) is 0. The molecule has 0 radical (unpaired) electrons. The van der Waals surface area contributed by atoms with Crippen molar-refractivity contribution in [2.45, 2.75) is 0 Å². The quantitative estimate of drug-likeness (QED) is 0.652. The van der Waals surface area contributed by atoms with Gasteiger partial charge in [0.1, 0.15) is 5.75 Å². The molecule has 1 aromatic carbocycles. The number of hydrogen-bond donors (Lipinski definition) is 0. The fraction of sp³-hybridized carbons (Fsp3) is 0.333. The van der Waals surface area contributed by atoms with Crippen molar-refractivity contribution in [3.63, 3.8) is 0 Å². The molecule has 68 valence electrons. The molecule has 0 saturated carbocycles. The highest BCUT2D eigenvalue weighted by atomic mass is 16.5. The molecule has 0 fully saturated rings. The molecule has 1 rings (SSSR count). The van der Waals surface area contributed by atoms with E-state index < -0.39 is 0 Å². The minimum atomic E-state index is 0.488. The molecule has 0 spiro atoms. The molecule has 0 aliphatic rings. The number of methoxy groups -OCH3 is 1. The molecule has 0 bridgehead atoms. The molecule has 4 heteroatoms. The van der Waals surface area contributed by atoms with E-state index in [2.05, 4.69) is 4.98 Å². The lowest BCUT2D eigenvalue weighted by Gasteiger charge is -2.14. The molecule has 0 aliphatic carbocycles. The molecule has 0 amide bonds. The summed E-state index contributed by atoms with van der Waals surface area (Å²) in [6.07, 6.45) is 0. The first-order chi connectivity index (χ1) is 6.19. The summed E-state index contributed by atoms with van der Waals surface area (Å²) in [6, 6.07) is 5.24. The van der Waals surface area contributed by atoms with E-state index in [9.17, 15) is 0 Å². The average molecular weight is 178 g/mol. The first-order valence-electron chi connectivity index (χ1n) is 3.89. The summed E-state index contributed by atoms with van der Waals surface area (Å²) in [5.74, 6) is 0.695. The second-order valence-corrected chi connectivity index (χ2v) is 2.85. The topological polar surface area (TPSA) is 40.6 Å². The van der Waals surface area contributed by atoms with Crippen LogP contribution in [0.25, 0.3) is 4.98 Å². The fourth-order valence-corrected chi connectivity index (χ4v) is 1.10. The van der Waals surface area contributed by atoms with Crippen LogP contribution in [0, 0.1) is 5.39 Å². The van der Waals surface area contributed by atoms with Crippen molar-refractivity contribution in [2.24, 2.45) is 0 Å². The van der Waals surface area contributed by atoms with E-state index >= 15 is 0 Å². The zero-order valence-corrected chi connectivity index (χ0v) is 7.98. The highest BCUT2D eigenvalue weighted by Crippen LogP contribution is 2.30.